The molecular weight excluding hydrogens is 320 g/mol. The van der Waals surface area contributed by atoms with Crippen LogP contribution in [-0.2, 0) is 9.53 Å². The maximum absolute atomic E-state index is 12.6. The van der Waals surface area contributed by atoms with Crippen molar-refractivity contribution in [3.05, 3.63) is 29.8 Å². The molecule has 0 bridgehead atoms. The quantitative estimate of drug-likeness (QED) is 0.704. The molecule has 1 aliphatic rings. The van der Waals surface area contributed by atoms with Gasteiger partial charge in [0.25, 0.3) is 5.91 Å². The molecule has 0 aliphatic carbocycles. The summed E-state index contributed by atoms with van der Waals surface area (Å²) in [7, 11) is 1.70. The van der Waals surface area contributed by atoms with Crippen molar-refractivity contribution in [2.45, 2.75) is 32.9 Å². The molecule has 0 radical (unpaired) electrons. The van der Waals surface area contributed by atoms with Gasteiger partial charge in [-0.25, -0.2) is 0 Å². The smallest absolute Gasteiger partial charge is 0.263 e. The van der Waals surface area contributed by atoms with E-state index in [4.69, 9.17) is 9.47 Å². The van der Waals surface area contributed by atoms with Crippen molar-refractivity contribution < 1.29 is 19.1 Å². The van der Waals surface area contributed by atoms with Gasteiger partial charge in [-0.3, -0.25) is 14.5 Å². The van der Waals surface area contributed by atoms with E-state index in [0.29, 0.717) is 37.1 Å². The predicted octanol–water partition coefficient (Wildman–Crippen LogP) is 1.84. The Bertz CT molecular complexity index is 597. The molecule has 1 amide bonds. The molecule has 138 valence electrons. The van der Waals surface area contributed by atoms with Crippen LogP contribution in [0, 0.1) is 0 Å². The molecule has 6 nitrogen and oxygen atoms in total. The van der Waals surface area contributed by atoms with E-state index in [2.05, 4.69) is 11.8 Å². The number of rotatable bonds is 7. The van der Waals surface area contributed by atoms with Crippen molar-refractivity contribution in [1.82, 2.24) is 9.80 Å². The zero-order valence-corrected chi connectivity index (χ0v) is 15.5. The lowest BCUT2D eigenvalue weighted by Crippen LogP contribution is -2.54. The van der Waals surface area contributed by atoms with E-state index >= 15 is 0 Å². The highest BCUT2D eigenvalue weighted by molar-refractivity contribution is 5.94. The van der Waals surface area contributed by atoms with Crippen LogP contribution in [0.15, 0.2) is 24.3 Å². The van der Waals surface area contributed by atoms with Crippen LogP contribution in [0.5, 0.6) is 5.75 Å². The van der Waals surface area contributed by atoms with E-state index in [1.165, 1.54) is 6.92 Å². The Balaban J connectivity index is 1.88. The van der Waals surface area contributed by atoms with E-state index in [1.54, 1.807) is 38.3 Å². The van der Waals surface area contributed by atoms with Crippen molar-refractivity contribution in [2.24, 2.45) is 0 Å². The molecule has 0 N–H and O–H groups in total. The molecule has 0 unspecified atom stereocenters. The minimum absolute atomic E-state index is 0.0210. The first-order chi connectivity index (χ1) is 11.9. The zero-order valence-electron chi connectivity index (χ0n) is 15.5. The molecule has 2 rings (SSSR count). The second kappa shape index (κ2) is 8.97. The summed E-state index contributed by atoms with van der Waals surface area (Å²) in [6.07, 6.45) is -0.579. The summed E-state index contributed by atoms with van der Waals surface area (Å²) in [6, 6.07) is 7.29. The minimum atomic E-state index is -0.579. The van der Waals surface area contributed by atoms with Crippen LogP contribution in [0.25, 0.3) is 0 Å². The number of carbonyl (C=O) groups is 2. The fourth-order valence-electron chi connectivity index (χ4n) is 3.03. The highest BCUT2D eigenvalue weighted by Crippen LogP contribution is 2.17. The number of amides is 1. The number of Topliss-reactive ketones (excluding diaryl/α,β-unsaturated/α-hetero) is 1. The summed E-state index contributed by atoms with van der Waals surface area (Å²) in [4.78, 5) is 28.2. The normalized spacial score (nSPS) is 17.8. The van der Waals surface area contributed by atoms with Gasteiger partial charge in [0.2, 0.25) is 0 Å². The third-order valence-electron chi connectivity index (χ3n) is 4.56. The standard InChI is InChI=1S/C19H28N2O4/c1-14(13-24-4)20-8-10-21(11-9-20)19(23)16(3)25-18-7-5-6-17(12-18)15(2)22/h5-7,12,14,16H,8-11,13H2,1-4H3/t14-,16+/m0/s1. The molecular formula is C19H28N2O4. The monoisotopic (exact) mass is 348 g/mol. The minimum Gasteiger partial charge on any atom is -0.481 e. The Labute approximate surface area is 149 Å². The Morgan fingerprint density at radius 1 is 1.16 bits per heavy atom. The number of piperazine rings is 1. The van der Waals surface area contributed by atoms with E-state index in [9.17, 15) is 9.59 Å². The van der Waals surface area contributed by atoms with Crippen LogP contribution in [0.1, 0.15) is 31.1 Å². The first-order valence-corrected chi connectivity index (χ1v) is 8.71. The van der Waals surface area contributed by atoms with Gasteiger partial charge in [-0.1, -0.05) is 12.1 Å². The van der Waals surface area contributed by atoms with Gasteiger partial charge < -0.3 is 14.4 Å². The lowest BCUT2D eigenvalue weighted by Gasteiger charge is -2.38. The Morgan fingerprint density at radius 3 is 2.44 bits per heavy atom. The van der Waals surface area contributed by atoms with Crippen molar-refractivity contribution in [1.29, 1.82) is 0 Å². The maximum atomic E-state index is 12.6. The fraction of sp³-hybridized carbons (Fsp3) is 0.579. The number of nitrogens with zero attached hydrogens (tertiary/aromatic N) is 2. The van der Waals surface area contributed by atoms with Crippen molar-refractivity contribution in [3.8, 4) is 5.75 Å². The van der Waals surface area contributed by atoms with Crippen molar-refractivity contribution in [3.63, 3.8) is 0 Å². The van der Waals surface area contributed by atoms with Gasteiger partial charge >= 0.3 is 0 Å². The van der Waals surface area contributed by atoms with Gasteiger partial charge in [0.05, 0.1) is 6.61 Å². The second-order valence-electron chi connectivity index (χ2n) is 6.51. The zero-order chi connectivity index (χ0) is 18.4. The molecule has 0 aromatic heterocycles. The predicted molar refractivity (Wildman–Crippen MR) is 96.0 cm³/mol. The average Bonchev–Trinajstić information content (AvgIpc) is 2.61. The second-order valence-corrected chi connectivity index (χ2v) is 6.51. The van der Waals surface area contributed by atoms with Crippen LogP contribution in [-0.4, -0.2) is 73.5 Å². The summed E-state index contributed by atoms with van der Waals surface area (Å²) in [5.74, 6) is 0.499. The number of ether oxygens (including phenoxy) is 2. The third-order valence-corrected chi connectivity index (χ3v) is 4.56. The Morgan fingerprint density at radius 2 is 1.84 bits per heavy atom. The van der Waals surface area contributed by atoms with Gasteiger partial charge in [-0.05, 0) is 32.9 Å². The maximum Gasteiger partial charge on any atom is 0.263 e. The van der Waals surface area contributed by atoms with Gasteiger partial charge in [0, 0.05) is 44.9 Å². The number of carbonyl (C=O) groups excluding carboxylic acids is 2. The fourth-order valence-corrected chi connectivity index (χ4v) is 3.03. The van der Waals surface area contributed by atoms with E-state index < -0.39 is 6.10 Å². The SMILES string of the molecule is COC[C@H](C)N1CCN(C(=O)[C@@H](C)Oc2cccc(C(C)=O)c2)CC1. The largest absolute Gasteiger partial charge is 0.481 e. The number of ketones is 1. The molecule has 0 saturated carbocycles. The van der Waals surface area contributed by atoms with E-state index in [1.807, 2.05) is 4.90 Å². The molecule has 2 atom stereocenters. The topological polar surface area (TPSA) is 59.1 Å². The number of hydrogen-bond acceptors (Lipinski definition) is 5. The molecule has 1 aromatic rings. The molecule has 6 heteroatoms. The molecule has 1 saturated heterocycles. The van der Waals surface area contributed by atoms with Crippen LogP contribution in [0.4, 0.5) is 0 Å². The number of methoxy groups -OCH3 is 1. The van der Waals surface area contributed by atoms with Crippen LogP contribution in [0.3, 0.4) is 0 Å². The van der Waals surface area contributed by atoms with Crippen molar-refractivity contribution >= 4 is 11.7 Å². The third kappa shape index (κ3) is 5.28. The average molecular weight is 348 g/mol. The van der Waals surface area contributed by atoms with E-state index in [0.717, 1.165) is 13.1 Å². The van der Waals surface area contributed by atoms with Crippen molar-refractivity contribution in [2.75, 3.05) is 39.9 Å². The number of benzene rings is 1. The molecule has 1 fully saturated rings. The van der Waals surface area contributed by atoms with Crippen LogP contribution >= 0.6 is 0 Å². The molecule has 25 heavy (non-hydrogen) atoms. The highest BCUT2D eigenvalue weighted by atomic mass is 16.5. The van der Waals surface area contributed by atoms with Crippen LogP contribution in [0.2, 0.25) is 0 Å². The molecule has 1 aromatic carbocycles. The van der Waals surface area contributed by atoms with Crippen LogP contribution < -0.4 is 4.74 Å². The summed E-state index contributed by atoms with van der Waals surface area (Å²) < 4.78 is 11.0. The lowest BCUT2D eigenvalue weighted by molar-refractivity contribution is -0.140. The lowest BCUT2D eigenvalue weighted by atomic mass is 10.1. The van der Waals surface area contributed by atoms with Gasteiger partial charge in [0.15, 0.2) is 11.9 Å². The first-order valence-electron chi connectivity index (χ1n) is 8.71. The van der Waals surface area contributed by atoms with Gasteiger partial charge in [-0.15, -0.1) is 0 Å². The first kappa shape index (κ1) is 19.4. The molecule has 0 spiro atoms. The molecule has 1 heterocycles. The Kier molecular flexibility index (Phi) is 6.96. The van der Waals surface area contributed by atoms with Gasteiger partial charge in [0.1, 0.15) is 5.75 Å². The van der Waals surface area contributed by atoms with E-state index in [-0.39, 0.29) is 11.7 Å². The van der Waals surface area contributed by atoms with Gasteiger partial charge in [-0.2, -0.15) is 0 Å². The summed E-state index contributed by atoms with van der Waals surface area (Å²) in [6.45, 7) is 9.14. The number of hydrogen-bond donors (Lipinski definition) is 0. The molecule has 1 aliphatic heterocycles. The Hall–Kier alpha value is -1.92. The highest BCUT2D eigenvalue weighted by Gasteiger charge is 2.27. The summed E-state index contributed by atoms with van der Waals surface area (Å²) in [5.41, 5.74) is 0.581. The summed E-state index contributed by atoms with van der Waals surface area (Å²) in [5, 5.41) is 0. The summed E-state index contributed by atoms with van der Waals surface area (Å²) >= 11 is 0.